The predicted octanol–water partition coefficient (Wildman–Crippen LogP) is 2.52. The fourth-order valence-electron chi connectivity index (χ4n) is 1.03. The zero-order chi connectivity index (χ0) is 10.0. The van der Waals surface area contributed by atoms with E-state index in [9.17, 15) is 10.1 Å². The van der Waals surface area contributed by atoms with Crippen LogP contribution in [0.15, 0.2) is 12.1 Å². The molecule has 0 aliphatic heterocycles. The first-order valence-corrected chi connectivity index (χ1v) is 4.63. The highest BCUT2D eigenvalue weighted by molar-refractivity contribution is 14.1. The molecule has 0 aliphatic carbocycles. The molecule has 0 amide bonds. The summed E-state index contributed by atoms with van der Waals surface area (Å²) in [6.45, 7) is 1.85. The Balaban J connectivity index is 3.35. The van der Waals surface area contributed by atoms with Crippen LogP contribution in [0.25, 0.3) is 0 Å². The molecule has 4 nitrogen and oxygen atoms in total. The van der Waals surface area contributed by atoms with Crippen molar-refractivity contribution in [1.29, 1.82) is 0 Å². The van der Waals surface area contributed by atoms with E-state index in [1.54, 1.807) is 6.07 Å². The van der Waals surface area contributed by atoms with E-state index in [0.717, 1.165) is 5.56 Å². The summed E-state index contributed by atoms with van der Waals surface area (Å²) in [5, 5.41) is 10.5. The van der Waals surface area contributed by atoms with Gasteiger partial charge >= 0.3 is 0 Å². The summed E-state index contributed by atoms with van der Waals surface area (Å²) < 4.78 is 5.60. The van der Waals surface area contributed by atoms with E-state index in [0.29, 0.717) is 9.32 Å². The third-order valence-corrected chi connectivity index (χ3v) is 2.72. The summed E-state index contributed by atoms with van der Waals surface area (Å²) in [5.74, 6) is 0.579. The van der Waals surface area contributed by atoms with Gasteiger partial charge in [-0.05, 0) is 41.1 Å². The Morgan fingerprint density at radius 2 is 2.15 bits per heavy atom. The van der Waals surface area contributed by atoms with Crippen LogP contribution in [-0.4, -0.2) is 12.0 Å². The molecule has 0 spiro atoms. The number of nitro groups is 1. The van der Waals surface area contributed by atoms with E-state index in [4.69, 9.17) is 4.74 Å². The monoisotopic (exact) mass is 293 g/mol. The number of hydrogen-bond acceptors (Lipinski definition) is 3. The second-order valence-corrected chi connectivity index (χ2v) is 3.58. The molecule has 0 bridgehead atoms. The van der Waals surface area contributed by atoms with Crippen LogP contribution in [-0.2, 0) is 0 Å². The van der Waals surface area contributed by atoms with Crippen LogP contribution in [0.4, 0.5) is 5.69 Å². The number of benzene rings is 1. The number of aryl methyl sites for hydroxylation is 1. The summed E-state index contributed by atoms with van der Waals surface area (Å²) in [5.41, 5.74) is 0.987. The Kier molecular flexibility index (Phi) is 3.07. The highest BCUT2D eigenvalue weighted by Gasteiger charge is 2.17. The van der Waals surface area contributed by atoms with Gasteiger partial charge in [-0.25, -0.2) is 0 Å². The maximum atomic E-state index is 10.5. The highest BCUT2D eigenvalue weighted by Crippen LogP contribution is 2.32. The predicted molar refractivity (Wildman–Crippen MR) is 57.1 cm³/mol. The molecule has 1 aromatic carbocycles. The molecule has 0 saturated heterocycles. The van der Waals surface area contributed by atoms with Crippen molar-refractivity contribution >= 4 is 28.3 Å². The average molecular weight is 293 g/mol. The highest BCUT2D eigenvalue weighted by atomic mass is 127. The fraction of sp³-hybridized carbons (Fsp3) is 0.250. The molecule has 0 radical (unpaired) electrons. The van der Waals surface area contributed by atoms with Crippen molar-refractivity contribution in [3.8, 4) is 5.75 Å². The number of ether oxygens (including phenoxy) is 1. The first-order valence-electron chi connectivity index (χ1n) is 3.55. The van der Waals surface area contributed by atoms with E-state index >= 15 is 0 Å². The third-order valence-electron chi connectivity index (χ3n) is 1.67. The Hall–Kier alpha value is -0.850. The normalized spacial score (nSPS) is 9.77. The summed E-state index contributed by atoms with van der Waals surface area (Å²) in [7, 11) is 1.51. The van der Waals surface area contributed by atoms with E-state index in [1.807, 2.05) is 29.5 Å². The smallest absolute Gasteiger partial charge is 0.286 e. The van der Waals surface area contributed by atoms with Gasteiger partial charge in [0.15, 0.2) is 0 Å². The molecule has 0 atom stereocenters. The van der Waals surface area contributed by atoms with Crippen LogP contribution in [0.3, 0.4) is 0 Å². The van der Waals surface area contributed by atoms with Gasteiger partial charge in [0.1, 0.15) is 9.32 Å². The largest absolute Gasteiger partial charge is 0.495 e. The maximum Gasteiger partial charge on any atom is 0.286 e. The minimum Gasteiger partial charge on any atom is -0.495 e. The van der Waals surface area contributed by atoms with Crippen LogP contribution in [0.1, 0.15) is 5.56 Å². The van der Waals surface area contributed by atoms with E-state index in [2.05, 4.69) is 0 Å². The lowest BCUT2D eigenvalue weighted by Gasteiger charge is -2.06. The van der Waals surface area contributed by atoms with Crippen molar-refractivity contribution in [2.75, 3.05) is 7.11 Å². The van der Waals surface area contributed by atoms with E-state index < -0.39 is 4.92 Å². The van der Waals surface area contributed by atoms with Gasteiger partial charge in [0.25, 0.3) is 5.69 Å². The lowest BCUT2D eigenvalue weighted by atomic mass is 10.2. The Labute approximate surface area is 89.2 Å². The molecular weight excluding hydrogens is 285 g/mol. The van der Waals surface area contributed by atoms with Gasteiger partial charge in [-0.3, -0.25) is 10.1 Å². The van der Waals surface area contributed by atoms with Crippen molar-refractivity contribution < 1.29 is 9.66 Å². The van der Waals surface area contributed by atoms with Crippen molar-refractivity contribution in [1.82, 2.24) is 0 Å². The Morgan fingerprint density at radius 3 is 2.62 bits per heavy atom. The van der Waals surface area contributed by atoms with Gasteiger partial charge in [-0.15, -0.1) is 0 Å². The average Bonchev–Trinajstić information content (AvgIpc) is 2.04. The molecule has 1 rings (SSSR count). The van der Waals surface area contributed by atoms with Crippen LogP contribution >= 0.6 is 22.6 Å². The number of halogens is 1. The lowest BCUT2D eigenvalue weighted by Crippen LogP contribution is -1.96. The van der Waals surface area contributed by atoms with Gasteiger partial charge in [0, 0.05) is 6.07 Å². The zero-order valence-corrected chi connectivity index (χ0v) is 9.36. The van der Waals surface area contributed by atoms with Gasteiger partial charge in [0.05, 0.1) is 12.0 Å². The second kappa shape index (κ2) is 3.91. The quantitative estimate of drug-likeness (QED) is 0.478. The standard InChI is InChI=1S/C8H8INO3/c1-5-3-4-6(10(11)12)7(9)8(5)13-2/h3-4H,1-2H3. The third kappa shape index (κ3) is 1.90. The second-order valence-electron chi connectivity index (χ2n) is 2.51. The van der Waals surface area contributed by atoms with Crippen LogP contribution in [0.2, 0.25) is 0 Å². The number of rotatable bonds is 2. The lowest BCUT2D eigenvalue weighted by molar-refractivity contribution is -0.385. The van der Waals surface area contributed by atoms with Crippen LogP contribution < -0.4 is 4.74 Å². The molecule has 0 aromatic heterocycles. The molecule has 0 unspecified atom stereocenters. The number of nitro benzene ring substituents is 1. The number of methoxy groups -OCH3 is 1. The molecule has 0 saturated carbocycles. The molecular formula is C8H8INO3. The summed E-state index contributed by atoms with van der Waals surface area (Å²) in [4.78, 5) is 10.1. The fourth-order valence-corrected chi connectivity index (χ4v) is 2.06. The maximum absolute atomic E-state index is 10.5. The van der Waals surface area contributed by atoms with Crippen molar-refractivity contribution in [2.24, 2.45) is 0 Å². The Morgan fingerprint density at radius 1 is 1.54 bits per heavy atom. The summed E-state index contributed by atoms with van der Waals surface area (Å²) in [6.07, 6.45) is 0. The summed E-state index contributed by atoms with van der Waals surface area (Å²) >= 11 is 1.92. The molecule has 70 valence electrons. The first kappa shape index (κ1) is 10.2. The van der Waals surface area contributed by atoms with E-state index in [-0.39, 0.29) is 5.69 Å². The van der Waals surface area contributed by atoms with Crippen molar-refractivity contribution in [3.63, 3.8) is 0 Å². The van der Waals surface area contributed by atoms with Gasteiger partial charge in [0.2, 0.25) is 0 Å². The molecule has 0 aliphatic rings. The minimum atomic E-state index is -0.413. The topological polar surface area (TPSA) is 52.4 Å². The SMILES string of the molecule is COc1c(C)ccc([N+](=O)[O-])c1I. The number of nitrogens with zero attached hydrogens (tertiary/aromatic N) is 1. The van der Waals surface area contributed by atoms with Gasteiger partial charge in [-0.2, -0.15) is 0 Å². The summed E-state index contributed by atoms with van der Waals surface area (Å²) in [6, 6.07) is 3.17. The molecule has 0 heterocycles. The van der Waals surface area contributed by atoms with Crippen LogP contribution in [0.5, 0.6) is 5.75 Å². The zero-order valence-electron chi connectivity index (χ0n) is 7.20. The minimum absolute atomic E-state index is 0.0862. The first-order chi connectivity index (χ1) is 6.07. The molecule has 5 heteroatoms. The molecule has 1 aromatic rings. The number of hydrogen-bond donors (Lipinski definition) is 0. The van der Waals surface area contributed by atoms with Crippen LogP contribution in [0, 0.1) is 20.6 Å². The van der Waals surface area contributed by atoms with Gasteiger partial charge in [-0.1, -0.05) is 0 Å². The van der Waals surface area contributed by atoms with Crippen molar-refractivity contribution in [2.45, 2.75) is 6.92 Å². The molecule has 0 fully saturated rings. The molecule has 0 N–H and O–H groups in total. The van der Waals surface area contributed by atoms with Crippen molar-refractivity contribution in [3.05, 3.63) is 31.4 Å². The molecule has 13 heavy (non-hydrogen) atoms. The van der Waals surface area contributed by atoms with E-state index in [1.165, 1.54) is 13.2 Å². The Bertz CT molecular complexity index is 351. The van der Waals surface area contributed by atoms with Gasteiger partial charge < -0.3 is 4.74 Å².